The first-order valence-electron chi connectivity index (χ1n) is 15.7. The molecule has 2 amide bonds. The number of carbonyl (C=O) groups is 1. The van der Waals surface area contributed by atoms with Crippen molar-refractivity contribution in [1.29, 1.82) is 0 Å². The third kappa shape index (κ3) is 6.41. The third-order valence-corrected chi connectivity index (χ3v) is 11.0. The summed E-state index contributed by atoms with van der Waals surface area (Å²) < 4.78 is 32.2. The number of hydrogen-bond donors (Lipinski definition) is 2. The molecule has 238 valence electrons. The molecular formula is C34H43N7O3S. The summed E-state index contributed by atoms with van der Waals surface area (Å²) in [6.45, 7) is 10.1. The Kier molecular flexibility index (Phi) is 8.11. The molecule has 2 fully saturated rings. The second-order valence-corrected chi connectivity index (χ2v) is 15.5. The summed E-state index contributed by atoms with van der Waals surface area (Å²) in [6.07, 6.45) is 5.97. The molecule has 4 heterocycles. The Bertz CT molecular complexity index is 1770. The minimum Gasteiger partial charge on any atom is -0.337 e. The lowest BCUT2D eigenvalue weighted by atomic mass is 9.87. The van der Waals surface area contributed by atoms with E-state index in [2.05, 4.69) is 36.4 Å². The van der Waals surface area contributed by atoms with Gasteiger partial charge in [-0.2, -0.15) is 9.40 Å². The van der Waals surface area contributed by atoms with E-state index in [1.807, 2.05) is 75.5 Å². The zero-order chi connectivity index (χ0) is 32.1. The van der Waals surface area contributed by atoms with Crippen molar-refractivity contribution in [3.63, 3.8) is 0 Å². The van der Waals surface area contributed by atoms with E-state index in [1.54, 1.807) is 19.8 Å². The van der Waals surface area contributed by atoms with Gasteiger partial charge in [0.25, 0.3) is 10.0 Å². The number of hydrogen-bond acceptors (Lipinski definition) is 5. The monoisotopic (exact) mass is 629 g/mol. The zero-order valence-corrected chi connectivity index (χ0v) is 27.7. The molecule has 0 spiro atoms. The number of aromatic nitrogens is 4. The van der Waals surface area contributed by atoms with E-state index in [0.717, 1.165) is 49.0 Å². The van der Waals surface area contributed by atoms with Crippen molar-refractivity contribution >= 4 is 27.6 Å². The highest BCUT2D eigenvalue weighted by atomic mass is 32.2. The average Bonchev–Trinajstić information content (AvgIpc) is 3.64. The number of sulfonamides is 1. The van der Waals surface area contributed by atoms with Gasteiger partial charge >= 0.3 is 6.03 Å². The van der Waals surface area contributed by atoms with Crippen LogP contribution >= 0.6 is 0 Å². The van der Waals surface area contributed by atoms with Crippen LogP contribution < -0.4 is 10.6 Å². The van der Waals surface area contributed by atoms with Gasteiger partial charge in [0, 0.05) is 42.5 Å². The minimum atomic E-state index is -3.61. The van der Waals surface area contributed by atoms with E-state index in [-0.39, 0.29) is 28.6 Å². The van der Waals surface area contributed by atoms with Crippen LogP contribution in [0.25, 0.3) is 5.69 Å². The fourth-order valence-electron chi connectivity index (χ4n) is 6.62. The van der Waals surface area contributed by atoms with Crippen molar-refractivity contribution in [3.05, 3.63) is 83.4 Å². The number of benzene rings is 2. The SMILES string of the molecule is Cc1ccc(-n2nc(C(C)(C)C)cc2NC(=O)Nc2ccc(CC3CC4CCC(C3)N4S(=O)(=O)c3cn(C)c(C)n3)cc2)cc1. The molecule has 2 N–H and O–H groups in total. The van der Waals surface area contributed by atoms with E-state index < -0.39 is 10.0 Å². The molecule has 2 aliphatic heterocycles. The fourth-order valence-corrected chi connectivity index (χ4v) is 8.54. The van der Waals surface area contributed by atoms with Crippen LogP contribution in [0.2, 0.25) is 0 Å². The van der Waals surface area contributed by atoms with Gasteiger partial charge in [0.15, 0.2) is 5.03 Å². The number of urea groups is 1. The van der Waals surface area contributed by atoms with Crippen LogP contribution in [-0.4, -0.2) is 50.2 Å². The van der Waals surface area contributed by atoms with Crippen molar-refractivity contribution in [2.75, 3.05) is 10.6 Å². The molecule has 4 aromatic rings. The normalized spacial score (nSPS) is 20.4. The van der Waals surface area contributed by atoms with Gasteiger partial charge in [-0.05, 0) is 81.7 Å². The smallest absolute Gasteiger partial charge is 0.324 e. The van der Waals surface area contributed by atoms with Gasteiger partial charge in [0.1, 0.15) is 11.6 Å². The number of fused-ring (bicyclic) bond motifs is 2. The summed E-state index contributed by atoms with van der Waals surface area (Å²) in [4.78, 5) is 17.4. The van der Waals surface area contributed by atoms with Gasteiger partial charge in [-0.1, -0.05) is 50.6 Å². The van der Waals surface area contributed by atoms with Crippen LogP contribution in [0.15, 0.2) is 65.8 Å². The number of piperidine rings is 1. The molecule has 2 aliphatic rings. The maximum atomic E-state index is 13.5. The number of nitrogens with zero attached hydrogens (tertiary/aromatic N) is 5. The number of carbonyl (C=O) groups excluding carboxylic acids is 1. The highest BCUT2D eigenvalue weighted by Crippen LogP contribution is 2.43. The number of anilines is 2. The van der Waals surface area contributed by atoms with E-state index >= 15 is 0 Å². The van der Waals surface area contributed by atoms with E-state index in [1.165, 1.54) is 5.56 Å². The van der Waals surface area contributed by atoms with Crippen molar-refractivity contribution in [2.24, 2.45) is 13.0 Å². The van der Waals surface area contributed by atoms with E-state index in [0.29, 0.717) is 23.2 Å². The first kappa shape index (κ1) is 31.0. The molecule has 2 aromatic heterocycles. The molecule has 2 bridgehead atoms. The van der Waals surface area contributed by atoms with E-state index in [4.69, 9.17) is 5.10 Å². The molecule has 2 aromatic carbocycles. The third-order valence-electron chi connectivity index (χ3n) is 9.13. The summed E-state index contributed by atoms with van der Waals surface area (Å²) in [7, 11) is -1.79. The van der Waals surface area contributed by atoms with Crippen LogP contribution in [0.3, 0.4) is 0 Å². The largest absolute Gasteiger partial charge is 0.337 e. The molecule has 6 rings (SSSR count). The molecule has 45 heavy (non-hydrogen) atoms. The van der Waals surface area contributed by atoms with Crippen molar-refractivity contribution in [3.8, 4) is 5.69 Å². The number of rotatable bonds is 7. The number of nitrogens with one attached hydrogen (secondary N) is 2. The Morgan fingerprint density at radius 3 is 2.18 bits per heavy atom. The predicted octanol–water partition coefficient (Wildman–Crippen LogP) is 6.34. The van der Waals surface area contributed by atoms with Crippen LogP contribution in [0.1, 0.15) is 69.1 Å². The highest BCUT2D eigenvalue weighted by molar-refractivity contribution is 7.89. The van der Waals surface area contributed by atoms with Crippen molar-refractivity contribution in [2.45, 2.75) is 89.2 Å². The Morgan fingerprint density at radius 1 is 0.956 bits per heavy atom. The van der Waals surface area contributed by atoms with Crippen LogP contribution in [-0.2, 0) is 28.9 Å². The minimum absolute atomic E-state index is 0.0119. The molecular weight excluding hydrogens is 586 g/mol. The lowest BCUT2D eigenvalue weighted by Crippen LogP contribution is -2.46. The number of imidazole rings is 1. The second kappa shape index (κ2) is 11.8. The first-order chi connectivity index (χ1) is 21.3. The standard InChI is InChI=1S/C34H43N7O3S/c1-22-7-13-27(14-8-22)40-31(20-30(38-40)34(3,4)5)37-33(42)36-26-11-9-24(10-12-26)17-25-18-28-15-16-29(19-25)41(28)45(43,44)32-21-39(6)23(2)35-32/h7-14,20-21,25,28-29H,15-19H2,1-6H3,(H2,36,37,42). The molecule has 0 aliphatic carbocycles. The molecule has 2 atom stereocenters. The summed E-state index contributed by atoms with van der Waals surface area (Å²) >= 11 is 0. The van der Waals surface area contributed by atoms with Gasteiger partial charge in [-0.3, -0.25) is 5.32 Å². The second-order valence-electron chi connectivity index (χ2n) is 13.7. The molecule has 11 heteroatoms. The summed E-state index contributed by atoms with van der Waals surface area (Å²) in [5, 5.41) is 10.9. The summed E-state index contributed by atoms with van der Waals surface area (Å²) in [6, 6.07) is 17.6. The van der Waals surface area contributed by atoms with Crippen LogP contribution in [0.4, 0.5) is 16.3 Å². The summed E-state index contributed by atoms with van der Waals surface area (Å²) in [5.41, 5.74) is 4.60. The lowest BCUT2D eigenvalue weighted by molar-refractivity contribution is 0.189. The van der Waals surface area contributed by atoms with Gasteiger partial charge in [0.05, 0.1) is 11.4 Å². The van der Waals surface area contributed by atoms with Crippen molar-refractivity contribution in [1.82, 2.24) is 23.6 Å². The molecule has 0 saturated carbocycles. The van der Waals surface area contributed by atoms with Gasteiger partial charge < -0.3 is 9.88 Å². The maximum Gasteiger partial charge on any atom is 0.324 e. The zero-order valence-electron chi connectivity index (χ0n) is 26.9. The summed E-state index contributed by atoms with van der Waals surface area (Å²) in [5.74, 6) is 1.69. The molecule has 0 radical (unpaired) electrons. The molecule has 2 unspecified atom stereocenters. The Morgan fingerprint density at radius 2 is 1.60 bits per heavy atom. The average molecular weight is 630 g/mol. The quantitative estimate of drug-likeness (QED) is 0.248. The Balaban J connectivity index is 1.08. The predicted molar refractivity (Wildman–Crippen MR) is 176 cm³/mol. The maximum absolute atomic E-state index is 13.5. The Hall–Kier alpha value is -3.96. The lowest BCUT2D eigenvalue weighted by Gasteiger charge is -2.37. The topological polar surface area (TPSA) is 114 Å². The van der Waals surface area contributed by atoms with Gasteiger partial charge in [-0.25, -0.2) is 22.9 Å². The van der Waals surface area contributed by atoms with E-state index in [9.17, 15) is 13.2 Å². The molecule has 10 nitrogen and oxygen atoms in total. The number of amides is 2. The Labute approximate surface area is 265 Å². The molecule has 2 saturated heterocycles. The van der Waals surface area contributed by atoms with Crippen LogP contribution in [0.5, 0.6) is 0 Å². The fraction of sp³-hybridized carbons (Fsp3) is 0.441. The van der Waals surface area contributed by atoms with Crippen LogP contribution in [0, 0.1) is 19.8 Å². The van der Waals surface area contributed by atoms with Crippen molar-refractivity contribution < 1.29 is 13.2 Å². The van der Waals surface area contributed by atoms with Gasteiger partial charge in [-0.15, -0.1) is 0 Å². The van der Waals surface area contributed by atoms with Gasteiger partial charge in [0.2, 0.25) is 0 Å². The highest BCUT2D eigenvalue weighted by Gasteiger charge is 2.47. The first-order valence-corrected chi connectivity index (χ1v) is 17.1. The number of aryl methyl sites for hydroxylation is 3.